The van der Waals surface area contributed by atoms with Crippen LogP contribution in [0.2, 0.25) is 0 Å². The summed E-state index contributed by atoms with van der Waals surface area (Å²) in [6.07, 6.45) is -2.04. The maximum absolute atomic E-state index is 13.4. The van der Waals surface area contributed by atoms with Crippen LogP contribution in [0.4, 0.5) is 0 Å². The molecule has 2 aromatic rings. The summed E-state index contributed by atoms with van der Waals surface area (Å²) in [6, 6.07) is 9.37. The zero-order valence-corrected chi connectivity index (χ0v) is 23.8. The molecule has 1 saturated heterocycles. The van der Waals surface area contributed by atoms with Gasteiger partial charge in [-0.05, 0) is 26.0 Å². The van der Waals surface area contributed by atoms with Crippen LogP contribution < -0.4 is 20.9 Å². The monoisotopic (exact) mass is 557 g/mol. The molecule has 3 rings (SSSR count). The number of aliphatic hydroxyl groups excluding tert-OH is 1. The van der Waals surface area contributed by atoms with Gasteiger partial charge in [-0.3, -0.25) is 23.7 Å². The number of carbonyl (C=O) groups excluding carboxylic acids is 1. The highest BCUT2D eigenvalue weighted by Crippen LogP contribution is 2.45. The Hall–Kier alpha value is -2.76. The molecule has 0 saturated carbocycles. The molecule has 1 aromatic carbocycles. The van der Waals surface area contributed by atoms with E-state index >= 15 is 0 Å². The minimum absolute atomic E-state index is 0.231. The normalized spacial score (nSPS) is 21.8. The lowest BCUT2D eigenvalue weighted by Crippen LogP contribution is -2.33. The van der Waals surface area contributed by atoms with Crippen molar-refractivity contribution in [1.82, 2.24) is 14.6 Å². The predicted octanol–water partition coefficient (Wildman–Crippen LogP) is 3.23. The molecule has 1 aromatic heterocycles. The first-order valence-electron chi connectivity index (χ1n) is 12.7. The van der Waals surface area contributed by atoms with Crippen LogP contribution in [-0.4, -0.2) is 52.1 Å². The number of hydrogen-bond donors (Lipinski definition) is 3. The summed E-state index contributed by atoms with van der Waals surface area (Å²) in [4.78, 5) is 37.5. The van der Waals surface area contributed by atoms with Crippen molar-refractivity contribution in [3.05, 3.63) is 63.4 Å². The Balaban J connectivity index is 0.00000172. The molecular formula is C25H40N3O9P. The standard InChI is InChI=1S/C21H28N3O9P.2C2H6/c1-13(2)31-18(26)11-22-34(29,33-15-7-5-4-6-8-15)30-12-16-19(27)14(3)20(32-16)24-10-9-17(25)23-21(24)28;2*1-2/h4-10,13-14,16,19-20,27H,11-12H2,1-3H3,(H,22,29)(H,23,25,28);2*1-2H3/t14?,16?,19-,20?,34-;;/m0../s1. The lowest BCUT2D eigenvalue weighted by molar-refractivity contribution is -0.146. The Morgan fingerprint density at radius 1 is 1.16 bits per heavy atom. The molecule has 3 unspecified atom stereocenters. The first-order chi connectivity index (χ1) is 18.1. The average molecular weight is 558 g/mol. The van der Waals surface area contributed by atoms with Crippen LogP contribution >= 0.6 is 7.75 Å². The second-order valence-corrected chi connectivity index (χ2v) is 9.76. The maximum Gasteiger partial charge on any atom is 0.459 e. The first-order valence-corrected chi connectivity index (χ1v) is 14.2. The predicted molar refractivity (Wildman–Crippen MR) is 143 cm³/mol. The lowest BCUT2D eigenvalue weighted by atomic mass is 10.0. The summed E-state index contributed by atoms with van der Waals surface area (Å²) in [6.45, 7) is 12.2. The van der Waals surface area contributed by atoms with Gasteiger partial charge in [-0.2, -0.15) is 0 Å². The third kappa shape index (κ3) is 9.85. The van der Waals surface area contributed by atoms with Gasteiger partial charge in [-0.25, -0.2) is 14.4 Å². The second-order valence-electron chi connectivity index (χ2n) is 8.00. The molecule has 1 aliphatic heterocycles. The van der Waals surface area contributed by atoms with Gasteiger partial charge in [0.05, 0.1) is 18.8 Å². The summed E-state index contributed by atoms with van der Waals surface area (Å²) in [5.74, 6) is -0.978. The van der Waals surface area contributed by atoms with Crippen molar-refractivity contribution >= 4 is 13.7 Å². The topological polar surface area (TPSA) is 158 Å². The van der Waals surface area contributed by atoms with Crippen LogP contribution in [0, 0.1) is 5.92 Å². The Labute approximate surface area is 222 Å². The number of aliphatic hydroxyl groups is 1. The largest absolute Gasteiger partial charge is 0.462 e. The van der Waals surface area contributed by atoms with E-state index < -0.39 is 55.9 Å². The van der Waals surface area contributed by atoms with Gasteiger partial charge in [0.2, 0.25) is 0 Å². The van der Waals surface area contributed by atoms with Gasteiger partial charge in [0.15, 0.2) is 0 Å². The van der Waals surface area contributed by atoms with Crippen molar-refractivity contribution in [1.29, 1.82) is 0 Å². The molecule has 0 spiro atoms. The summed E-state index contributed by atoms with van der Waals surface area (Å²) in [5.41, 5.74) is -1.25. The number of ether oxygens (including phenoxy) is 2. The number of esters is 1. The zero-order valence-electron chi connectivity index (χ0n) is 23.0. The molecular weight excluding hydrogens is 517 g/mol. The third-order valence-corrected chi connectivity index (χ3v) is 6.46. The van der Waals surface area contributed by atoms with Crippen molar-refractivity contribution in [2.24, 2.45) is 5.92 Å². The molecule has 0 aliphatic carbocycles. The molecule has 2 heterocycles. The van der Waals surface area contributed by atoms with Gasteiger partial charge in [-0.15, -0.1) is 0 Å². The van der Waals surface area contributed by atoms with E-state index in [1.54, 1.807) is 51.1 Å². The number of nitrogens with zero attached hydrogens (tertiary/aromatic N) is 1. The second kappa shape index (κ2) is 16.3. The van der Waals surface area contributed by atoms with E-state index in [1.807, 2.05) is 27.7 Å². The van der Waals surface area contributed by atoms with Gasteiger partial charge < -0.3 is 19.1 Å². The van der Waals surface area contributed by atoms with E-state index in [2.05, 4.69) is 10.1 Å². The summed E-state index contributed by atoms with van der Waals surface area (Å²) in [5, 5.41) is 13.1. The zero-order chi connectivity index (χ0) is 28.9. The minimum Gasteiger partial charge on any atom is -0.462 e. The molecule has 5 atom stereocenters. The summed E-state index contributed by atoms with van der Waals surface area (Å²) in [7, 11) is -4.10. The third-order valence-electron chi connectivity index (χ3n) is 4.97. The fourth-order valence-electron chi connectivity index (χ4n) is 3.34. The van der Waals surface area contributed by atoms with Crippen LogP contribution in [0.15, 0.2) is 52.2 Å². The van der Waals surface area contributed by atoms with E-state index in [1.165, 1.54) is 6.20 Å². The van der Waals surface area contributed by atoms with Crippen LogP contribution in [0.3, 0.4) is 0 Å². The highest BCUT2D eigenvalue weighted by molar-refractivity contribution is 7.52. The van der Waals surface area contributed by atoms with Gasteiger partial charge >= 0.3 is 19.4 Å². The quantitative estimate of drug-likeness (QED) is 0.292. The molecule has 3 N–H and O–H groups in total. The van der Waals surface area contributed by atoms with Gasteiger partial charge in [0, 0.05) is 18.2 Å². The number of carbonyl (C=O) groups is 1. The number of nitrogens with one attached hydrogen (secondary N) is 2. The van der Waals surface area contributed by atoms with Crippen LogP contribution in [0.25, 0.3) is 0 Å². The number of H-pyrrole nitrogens is 1. The Morgan fingerprint density at radius 3 is 2.37 bits per heavy atom. The van der Waals surface area contributed by atoms with E-state index in [4.69, 9.17) is 18.5 Å². The van der Waals surface area contributed by atoms with Crippen LogP contribution in [0.1, 0.15) is 54.7 Å². The van der Waals surface area contributed by atoms with Crippen molar-refractivity contribution in [3.8, 4) is 5.75 Å². The molecule has 1 fully saturated rings. The number of para-hydroxylation sites is 1. The number of aromatic amines is 1. The van der Waals surface area contributed by atoms with Crippen molar-refractivity contribution < 1.29 is 33.0 Å². The summed E-state index contributed by atoms with van der Waals surface area (Å²) < 4.78 is 36.3. The number of rotatable bonds is 10. The smallest absolute Gasteiger partial charge is 0.459 e. The highest BCUT2D eigenvalue weighted by Gasteiger charge is 2.43. The number of aromatic nitrogens is 2. The minimum atomic E-state index is -4.10. The maximum atomic E-state index is 13.4. The molecule has 214 valence electrons. The van der Waals surface area contributed by atoms with Crippen molar-refractivity contribution in [2.75, 3.05) is 13.2 Å². The van der Waals surface area contributed by atoms with Crippen LogP contribution in [-0.2, 0) is 23.4 Å². The van der Waals surface area contributed by atoms with Gasteiger partial charge in [0.25, 0.3) is 5.56 Å². The molecule has 0 radical (unpaired) electrons. The molecule has 13 heteroatoms. The van der Waals surface area contributed by atoms with Gasteiger partial charge in [-0.1, -0.05) is 52.8 Å². The fraction of sp³-hybridized carbons (Fsp3) is 0.560. The molecule has 1 aliphatic rings. The Kier molecular flexibility index (Phi) is 14.2. The average Bonchev–Trinajstić information content (AvgIpc) is 3.17. The van der Waals surface area contributed by atoms with E-state index in [0.717, 1.165) is 10.6 Å². The fourth-order valence-corrected chi connectivity index (χ4v) is 4.61. The SMILES string of the molecule is CC.CC.CC(C)OC(=O)CN[P@](=O)(OCC1OC(n2ccc(=O)[nH]c2=O)C(C)[C@@H]1O)Oc1ccccc1. The highest BCUT2D eigenvalue weighted by atomic mass is 31.2. The molecule has 38 heavy (non-hydrogen) atoms. The summed E-state index contributed by atoms with van der Waals surface area (Å²) >= 11 is 0. The molecule has 0 amide bonds. The number of hydrogen-bond acceptors (Lipinski definition) is 9. The van der Waals surface area contributed by atoms with E-state index in [-0.39, 0.29) is 18.5 Å². The van der Waals surface area contributed by atoms with E-state index in [9.17, 15) is 24.1 Å². The van der Waals surface area contributed by atoms with Crippen molar-refractivity contribution in [3.63, 3.8) is 0 Å². The lowest BCUT2D eigenvalue weighted by Gasteiger charge is -2.22. The molecule has 0 bridgehead atoms. The Bertz CT molecular complexity index is 1140. The Morgan fingerprint density at radius 2 is 1.79 bits per heavy atom. The van der Waals surface area contributed by atoms with Crippen molar-refractivity contribution in [2.45, 2.75) is 73.0 Å². The van der Waals surface area contributed by atoms with Gasteiger partial charge in [0.1, 0.15) is 24.6 Å². The molecule has 12 nitrogen and oxygen atoms in total. The van der Waals surface area contributed by atoms with E-state index in [0.29, 0.717) is 0 Å². The van der Waals surface area contributed by atoms with Crippen LogP contribution in [0.5, 0.6) is 5.75 Å². The number of benzene rings is 1. The first kappa shape index (κ1) is 33.3.